The van der Waals surface area contributed by atoms with Gasteiger partial charge < -0.3 is 10.1 Å². The van der Waals surface area contributed by atoms with Gasteiger partial charge in [-0.1, -0.05) is 31.0 Å². The Morgan fingerprint density at radius 2 is 2.07 bits per heavy atom. The average Bonchev–Trinajstić information content (AvgIpc) is 3.02. The van der Waals surface area contributed by atoms with Crippen LogP contribution in [0.3, 0.4) is 0 Å². The van der Waals surface area contributed by atoms with Crippen LogP contribution in [-0.2, 0) is 6.54 Å². The predicted octanol–water partition coefficient (Wildman–Crippen LogP) is 5.31. The van der Waals surface area contributed by atoms with Crippen LogP contribution in [0.15, 0.2) is 36.5 Å². The summed E-state index contributed by atoms with van der Waals surface area (Å²) in [6.45, 7) is 6.36. The first-order valence-corrected chi connectivity index (χ1v) is 10.2. The maximum atomic E-state index is 6.25. The molecule has 0 bridgehead atoms. The van der Waals surface area contributed by atoms with Crippen molar-refractivity contribution in [1.29, 1.82) is 0 Å². The molecule has 1 unspecified atom stereocenters. The maximum absolute atomic E-state index is 6.25. The first-order chi connectivity index (χ1) is 13.1. The van der Waals surface area contributed by atoms with Crippen molar-refractivity contribution in [2.45, 2.75) is 52.1 Å². The number of benzene rings is 1. The number of nitrogen functional groups attached to an aromatic ring is 1. The lowest BCUT2D eigenvalue weighted by Gasteiger charge is -2.35. The second kappa shape index (κ2) is 7.53. The number of rotatable bonds is 4. The molecule has 0 spiro atoms. The van der Waals surface area contributed by atoms with Crippen LogP contribution < -0.4 is 5.73 Å². The van der Waals surface area contributed by atoms with E-state index in [0.717, 1.165) is 46.3 Å². The Morgan fingerprint density at radius 3 is 2.85 bits per heavy atom. The van der Waals surface area contributed by atoms with Crippen molar-refractivity contribution < 1.29 is 0 Å². The molecule has 4 rings (SSSR count). The quantitative estimate of drug-likeness (QED) is 0.665. The lowest BCUT2D eigenvalue weighted by Crippen LogP contribution is -2.38. The van der Waals surface area contributed by atoms with Gasteiger partial charge in [0.2, 0.25) is 0 Å². The summed E-state index contributed by atoms with van der Waals surface area (Å²) < 4.78 is 2.16. The van der Waals surface area contributed by atoms with Crippen molar-refractivity contribution in [2.24, 2.45) is 0 Å². The zero-order chi connectivity index (χ0) is 19.0. The van der Waals surface area contributed by atoms with E-state index in [-0.39, 0.29) is 0 Å². The molecule has 2 N–H and O–H groups in total. The normalized spacial score (nSPS) is 18.3. The van der Waals surface area contributed by atoms with Crippen molar-refractivity contribution in [3.63, 3.8) is 0 Å². The molecule has 1 atom stereocenters. The number of likely N-dealkylation sites (tertiary alicyclic amines) is 1. The minimum absolute atomic E-state index is 0.644. The number of anilines is 1. The largest absolute Gasteiger partial charge is 0.398 e. The van der Waals surface area contributed by atoms with E-state index in [0.29, 0.717) is 6.04 Å². The third-order valence-corrected chi connectivity index (χ3v) is 6.17. The Labute approximate surface area is 166 Å². The van der Waals surface area contributed by atoms with Crippen molar-refractivity contribution >= 4 is 22.9 Å². The molecule has 5 heteroatoms. The van der Waals surface area contributed by atoms with E-state index in [4.69, 9.17) is 22.3 Å². The average molecular weight is 383 g/mol. The Morgan fingerprint density at radius 1 is 1.22 bits per heavy atom. The molecule has 1 aromatic carbocycles. The summed E-state index contributed by atoms with van der Waals surface area (Å²) in [5.74, 6) is 0. The van der Waals surface area contributed by atoms with Crippen LogP contribution in [0.4, 0.5) is 5.69 Å². The number of hydrogen-bond acceptors (Lipinski definition) is 3. The number of halogens is 1. The van der Waals surface area contributed by atoms with Gasteiger partial charge in [0.1, 0.15) is 5.65 Å². The fourth-order valence-electron chi connectivity index (χ4n) is 4.21. The monoisotopic (exact) mass is 382 g/mol. The van der Waals surface area contributed by atoms with Crippen LogP contribution in [-0.4, -0.2) is 26.9 Å². The molecule has 0 aliphatic carbocycles. The lowest BCUT2D eigenvalue weighted by atomic mass is 9.99. The number of aromatic nitrogens is 2. The predicted molar refractivity (Wildman–Crippen MR) is 113 cm³/mol. The van der Waals surface area contributed by atoms with E-state index < -0.39 is 0 Å². The first kappa shape index (κ1) is 18.3. The van der Waals surface area contributed by atoms with Gasteiger partial charge in [0.25, 0.3) is 0 Å². The number of imidazole rings is 1. The standard InChI is InChI=1S/C22H27ClN4/c1-3-18-6-4-5-11-26(18)14-20-22(16-7-9-19(23)15(2)12-16)25-21-10-8-17(24)13-27(20)21/h7-10,12-13,18H,3-6,11,14,24H2,1-2H3. The van der Waals surface area contributed by atoms with E-state index in [1.54, 1.807) is 0 Å². The Bertz CT molecular complexity index is 962. The molecular formula is C22H27ClN4. The smallest absolute Gasteiger partial charge is 0.137 e. The number of nitrogens with two attached hydrogens (primary N) is 1. The molecule has 0 radical (unpaired) electrons. The van der Waals surface area contributed by atoms with Gasteiger partial charge in [-0.25, -0.2) is 4.98 Å². The molecule has 1 saturated heterocycles. The van der Waals surface area contributed by atoms with Crippen molar-refractivity contribution in [3.05, 3.63) is 52.8 Å². The van der Waals surface area contributed by atoms with Gasteiger partial charge in [-0.2, -0.15) is 0 Å². The number of fused-ring (bicyclic) bond motifs is 1. The highest BCUT2D eigenvalue weighted by atomic mass is 35.5. The SMILES string of the molecule is CCC1CCCCN1Cc1c(-c2ccc(Cl)c(C)c2)nc2ccc(N)cn12. The van der Waals surface area contributed by atoms with E-state index in [9.17, 15) is 0 Å². The van der Waals surface area contributed by atoms with E-state index in [1.165, 1.54) is 31.4 Å². The minimum Gasteiger partial charge on any atom is -0.398 e. The molecule has 1 aliphatic heterocycles. The van der Waals surface area contributed by atoms with Gasteiger partial charge in [-0.3, -0.25) is 4.90 Å². The van der Waals surface area contributed by atoms with Crippen molar-refractivity contribution in [2.75, 3.05) is 12.3 Å². The highest BCUT2D eigenvalue weighted by molar-refractivity contribution is 6.31. The number of pyridine rings is 1. The van der Waals surface area contributed by atoms with Gasteiger partial charge in [0.15, 0.2) is 0 Å². The molecule has 0 amide bonds. The topological polar surface area (TPSA) is 46.6 Å². The van der Waals surface area contributed by atoms with Gasteiger partial charge in [0.05, 0.1) is 11.4 Å². The summed E-state index contributed by atoms with van der Waals surface area (Å²) in [6, 6.07) is 10.7. The number of hydrogen-bond donors (Lipinski definition) is 1. The zero-order valence-electron chi connectivity index (χ0n) is 16.1. The van der Waals surface area contributed by atoms with Crippen LogP contribution in [0.2, 0.25) is 5.02 Å². The molecule has 0 saturated carbocycles. The Hall–Kier alpha value is -2.04. The molecule has 1 aliphatic rings. The number of piperidine rings is 1. The third kappa shape index (κ3) is 3.56. The van der Waals surface area contributed by atoms with Crippen LogP contribution in [0.5, 0.6) is 0 Å². The summed E-state index contributed by atoms with van der Waals surface area (Å²) in [5, 5.41) is 0.787. The fraction of sp³-hybridized carbons (Fsp3) is 0.409. The second-order valence-corrected chi connectivity index (χ2v) is 8.00. The van der Waals surface area contributed by atoms with Gasteiger partial charge in [0, 0.05) is 35.1 Å². The lowest BCUT2D eigenvalue weighted by molar-refractivity contribution is 0.134. The summed E-state index contributed by atoms with van der Waals surface area (Å²) in [6.07, 6.45) is 7.07. The van der Waals surface area contributed by atoms with Gasteiger partial charge in [-0.15, -0.1) is 0 Å². The molecule has 1 fully saturated rings. The van der Waals surface area contributed by atoms with E-state index in [2.05, 4.69) is 28.4 Å². The van der Waals surface area contributed by atoms with E-state index >= 15 is 0 Å². The van der Waals surface area contributed by atoms with E-state index in [1.807, 2.05) is 31.3 Å². The van der Waals surface area contributed by atoms with Crippen LogP contribution in [0.1, 0.15) is 43.9 Å². The number of aryl methyl sites for hydroxylation is 1. The zero-order valence-corrected chi connectivity index (χ0v) is 16.8. The molecule has 3 aromatic rings. The Balaban J connectivity index is 1.83. The third-order valence-electron chi connectivity index (χ3n) is 5.74. The van der Waals surface area contributed by atoms with Crippen LogP contribution in [0, 0.1) is 6.92 Å². The molecule has 2 aromatic heterocycles. The van der Waals surface area contributed by atoms with Crippen molar-refractivity contribution in [1.82, 2.24) is 14.3 Å². The summed E-state index contributed by atoms with van der Waals surface area (Å²) in [4.78, 5) is 7.56. The van der Waals surface area contributed by atoms with Crippen molar-refractivity contribution in [3.8, 4) is 11.3 Å². The summed E-state index contributed by atoms with van der Waals surface area (Å²) in [7, 11) is 0. The molecular weight excluding hydrogens is 356 g/mol. The molecule has 3 heterocycles. The number of nitrogens with zero attached hydrogens (tertiary/aromatic N) is 3. The molecule has 142 valence electrons. The summed E-state index contributed by atoms with van der Waals surface area (Å²) in [5.41, 5.74) is 12.2. The van der Waals surface area contributed by atoms with Crippen LogP contribution >= 0.6 is 11.6 Å². The molecule has 27 heavy (non-hydrogen) atoms. The second-order valence-electron chi connectivity index (χ2n) is 7.59. The Kier molecular flexibility index (Phi) is 5.11. The maximum Gasteiger partial charge on any atom is 0.137 e. The first-order valence-electron chi connectivity index (χ1n) is 9.84. The van der Waals surface area contributed by atoms with Crippen LogP contribution in [0.25, 0.3) is 16.9 Å². The summed E-state index contributed by atoms with van der Waals surface area (Å²) >= 11 is 6.25. The minimum atomic E-state index is 0.644. The highest BCUT2D eigenvalue weighted by Crippen LogP contribution is 2.31. The van der Waals surface area contributed by atoms with Gasteiger partial charge in [-0.05, 0) is 62.6 Å². The molecule has 4 nitrogen and oxygen atoms in total. The van der Waals surface area contributed by atoms with Gasteiger partial charge >= 0.3 is 0 Å². The fourth-order valence-corrected chi connectivity index (χ4v) is 4.32. The highest BCUT2D eigenvalue weighted by Gasteiger charge is 2.24.